The molecular formula is C11H21NO3. The van der Waals surface area contributed by atoms with E-state index in [-0.39, 0.29) is 11.9 Å². The van der Waals surface area contributed by atoms with Crippen molar-refractivity contribution in [1.29, 1.82) is 0 Å². The molecule has 0 saturated carbocycles. The van der Waals surface area contributed by atoms with Gasteiger partial charge in [-0.1, -0.05) is 20.3 Å². The Morgan fingerprint density at radius 2 is 1.87 bits per heavy atom. The molecule has 1 amide bonds. The van der Waals surface area contributed by atoms with Gasteiger partial charge in [-0.2, -0.15) is 0 Å². The second kappa shape index (κ2) is 7.26. The van der Waals surface area contributed by atoms with Crippen molar-refractivity contribution in [3.8, 4) is 0 Å². The van der Waals surface area contributed by atoms with Gasteiger partial charge in [0, 0.05) is 26.8 Å². The Kier molecular flexibility index (Phi) is 6.75. The van der Waals surface area contributed by atoms with Crippen molar-refractivity contribution in [2.24, 2.45) is 0 Å². The minimum absolute atomic E-state index is 0.0449. The van der Waals surface area contributed by atoms with E-state index in [0.717, 1.165) is 12.8 Å². The first-order valence-corrected chi connectivity index (χ1v) is 5.47. The number of hydrogen-bond donors (Lipinski definition) is 0. The average Bonchev–Trinajstić information content (AvgIpc) is 2.15. The third-order valence-electron chi connectivity index (χ3n) is 2.16. The normalized spacial score (nSPS) is 12.0. The van der Waals surface area contributed by atoms with Gasteiger partial charge in [-0.05, 0) is 6.42 Å². The van der Waals surface area contributed by atoms with Gasteiger partial charge < -0.3 is 9.64 Å². The van der Waals surface area contributed by atoms with Gasteiger partial charge in [0.25, 0.3) is 0 Å². The summed E-state index contributed by atoms with van der Waals surface area (Å²) in [5, 5.41) is 0. The van der Waals surface area contributed by atoms with E-state index >= 15 is 0 Å². The molecule has 0 saturated heterocycles. The van der Waals surface area contributed by atoms with Crippen LogP contribution in [0.1, 0.15) is 47.0 Å². The molecule has 0 aliphatic heterocycles. The molecule has 0 radical (unpaired) electrons. The van der Waals surface area contributed by atoms with E-state index in [4.69, 9.17) is 4.74 Å². The molecule has 0 aliphatic carbocycles. The molecule has 0 bridgehead atoms. The largest absolute Gasteiger partial charge is 0.442 e. The van der Waals surface area contributed by atoms with Crippen molar-refractivity contribution in [3.63, 3.8) is 0 Å². The van der Waals surface area contributed by atoms with E-state index in [1.807, 2.05) is 6.92 Å². The highest BCUT2D eigenvalue weighted by atomic mass is 16.6. The number of ether oxygens (including phenoxy) is 1. The first-order valence-electron chi connectivity index (χ1n) is 5.47. The van der Waals surface area contributed by atoms with Gasteiger partial charge in [0.1, 0.15) is 0 Å². The molecule has 4 nitrogen and oxygen atoms in total. The quantitative estimate of drug-likeness (QED) is 0.502. The van der Waals surface area contributed by atoms with Crippen molar-refractivity contribution < 1.29 is 14.3 Å². The van der Waals surface area contributed by atoms with Gasteiger partial charge in [-0.25, -0.2) is 0 Å². The van der Waals surface area contributed by atoms with Crippen LogP contribution in [0.2, 0.25) is 0 Å². The fourth-order valence-electron chi connectivity index (χ4n) is 1.39. The lowest BCUT2D eigenvalue weighted by Gasteiger charge is -2.29. The molecule has 4 heteroatoms. The number of amides is 1. The molecule has 0 N–H and O–H groups in total. The van der Waals surface area contributed by atoms with Crippen molar-refractivity contribution in [2.75, 3.05) is 6.54 Å². The summed E-state index contributed by atoms with van der Waals surface area (Å²) >= 11 is 0. The van der Waals surface area contributed by atoms with Crippen molar-refractivity contribution in [2.45, 2.75) is 53.2 Å². The zero-order chi connectivity index (χ0) is 11.8. The number of unbranched alkanes of at least 4 members (excludes halogenated alkanes) is 1. The van der Waals surface area contributed by atoms with Crippen LogP contribution in [0.3, 0.4) is 0 Å². The predicted molar refractivity (Wildman–Crippen MR) is 58.1 cm³/mol. The lowest BCUT2D eigenvalue weighted by Crippen LogP contribution is -2.41. The fourth-order valence-corrected chi connectivity index (χ4v) is 1.39. The topological polar surface area (TPSA) is 46.6 Å². The van der Waals surface area contributed by atoms with Crippen LogP contribution < -0.4 is 0 Å². The fraction of sp³-hybridized carbons (Fsp3) is 0.818. The molecule has 88 valence electrons. The smallest absolute Gasteiger partial charge is 0.304 e. The van der Waals surface area contributed by atoms with Gasteiger partial charge >= 0.3 is 5.97 Å². The van der Waals surface area contributed by atoms with Gasteiger partial charge in [0.15, 0.2) is 6.23 Å². The molecular weight excluding hydrogens is 194 g/mol. The zero-order valence-electron chi connectivity index (χ0n) is 10.1. The highest BCUT2D eigenvalue weighted by molar-refractivity contribution is 5.74. The van der Waals surface area contributed by atoms with Crippen LogP contribution in [0.5, 0.6) is 0 Å². The van der Waals surface area contributed by atoms with Gasteiger partial charge in [-0.3, -0.25) is 9.59 Å². The summed E-state index contributed by atoms with van der Waals surface area (Å²) < 4.78 is 5.09. The highest BCUT2D eigenvalue weighted by Crippen LogP contribution is 2.08. The Bertz CT molecular complexity index is 216. The van der Waals surface area contributed by atoms with E-state index in [2.05, 4.69) is 6.92 Å². The number of carbonyl (C=O) groups excluding carboxylic acids is 2. The summed E-state index contributed by atoms with van der Waals surface area (Å²) in [7, 11) is 0. The zero-order valence-corrected chi connectivity index (χ0v) is 10.1. The van der Waals surface area contributed by atoms with Crippen LogP contribution in [0.25, 0.3) is 0 Å². The van der Waals surface area contributed by atoms with Crippen LogP contribution in [0.15, 0.2) is 0 Å². The maximum atomic E-state index is 11.4. The third kappa shape index (κ3) is 5.40. The minimum atomic E-state index is -0.411. The van der Waals surface area contributed by atoms with Gasteiger partial charge in [-0.15, -0.1) is 0 Å². The molecule has 0 aliphatic rings. The van der Waals surface area contributed by atoms with Crippen LogP contribution in [-0.2, 0) is 14.3 Å². The molecule has 15 heavy (non-hydrogen) atoms. The summed E-state index contributed by atoms with van der Waals surface area (Å²) in [6, 6.07) is 0. The summed E-state index contributed by atoms with van der Waals surface area (Å²) in [5.41, 5.74) is 0. The molecule has 0 rings (SSSR count). The van der Waals surface area contributed by atoms with Crippen molar-refractivity contribution in [1.82, 2.24) is 4.90 Å². The van der Waals surface area contributed by atoms with Gasteiger partial charge in [0.2, 0.25) is 5.91 Å². The Morgan fingerprint density at radius 3 is 2.20 bits per heavy atom. The van der Waals surface area contributed by atoms with Crippen molar-refractivity contribution in [3.05, 3.63) is 0 Å². The van der Waals surface area contributed by atoms with Crippen LogP contribution >= 0.6 is 0 Å². The number of rotatable bonds is 6. The number of carbonyl (C=O) groups is 2. The van der Waals surface area contributed by atoms with E-state index in [0.29, 0.717) is 13.0 Å². The molecule has 0 fully saturated rings. The Balaban J connectivity index is 4.40. The number of esters is 1. The van der Waals surface area contributed by atoms with E-state index in [1.54, 1.807) is 4.90 Å². The predicted octanol–water partition coefficient (Wildman–Crippen LogP) is 1.93. The maximum Gasteiger partial charge on any atom is 0.304 e. The Labute approximate surface area is 91.6 Å². The summed E-state index contributed by atoms with van der Waals surface area (Å²) in [5.74, 6) is -0.388. The summed E-state index contributed by atoms with van der Waals surface area (Å²) in [4.78, 5) is 23.8. The lowest BCUT2D eigenvalue weighted by atomic mass is 10.2. The minimum Gasteiger partial charge on any atom is -0.442 e. The molecule has 0 aromatic carbocycles. The molecule has 1 unspecified atom stereocenters. The van der Waals surface area contributed by atoms with Crippen molar-refractivity contribution >= 4 is 11.9 Å². The highest BCUT2D eigenvalue weighted by Gasteiger charge is 2.20. The van der Waals surface area contributed by atoms with E-state index in [9.17, 15) is 9.59 Å². The van der Waals surface area contributed by atoms with Gasteiger partial charge in [0.05, 0.1) is 0 Å². The van der Waals surface area contributed by atoms with E-state index in [1.165, 1.54) is 13.8 Å². The molecule has 0 heterocycles. The molecule has 1 atom stereocenters. The SMILES string of the molecule is CCCCN(C(C)=O)C(CC)OC(C)=O. The standard InChI is InChI=1S/C11H21NO3/c1-5-7-8-12(9(3)13)11(6-2)15-10(4)14/h11H,5-8H2,1-4H3. The Hall–Kier alpha value is -1.06. The monoisotopic (exact) mass is 215 g/mol. The Morgan fingerprint density at radius 1 is 1.27 bits per heavy atom. The second-order valence-corrected chi connectivity index (χ2v) is 3.54. The maximum absolute atomic E-state index is 11.4. The summed E-state index contributed by atoms with van der Waals surface area (Å²) in [6.07, 6.45) is 2.16. The molecule has 0 aromatic heterocycles. The average molecular weight is 215 g/mol. The molecule has 0 aromatic rings. The first-order chi connectivity index (χ1) is 7.02. The van der Waals surface area contributed by atoms with Crippen LogP contribution in [0.4, 0.5) is 0 Å². The first kappa shape index (κ1) is 13.9. The number of hydrogen-bond acceptors (Lipinski definition) is 3. The third-order valence-corrected chi connectivity index (χ3v) is 2.16. The number of nitrogens with zero attached hydrogens (tertiary/aromatic N) is 1. The molecule has 0 spiro atoms. The van der Waals surface area contributed by atoms with Crippen LogP contribution in [-0.4, -0.2) is 29.5 Å². The van der Waals surface area contributed by atoms with E-state index < -0.39 is 6.23 Å². The second-order valence-electron chi connectivity index (χ2n) is 3.54. The summed E-state index contributed by atoms with van der Waals surface area (Å²) in [6.45, 7) is 7.47. The lowest BCUT2D eigenvalue weighted by molar-refractivity contribution is -0.162. The van der Waals surface area contributed by atoms with Crippen LogP contribution in [0, 0.1) is 0 Å².